The Morgan fingerprint density at radius 1 is 1.40 bits per heavy atom. The molecular weight excluding hydrogens is 194 g/mol. The summed E-state index contributed by atoms with van der Waals surface area (Å²) in [6.07, 6.45) is 0.992. The number of carbonyl (C=O) groups is 2. The molecule has 0 aliphatic carbocycles. The van der Waals surface area contributed by atoms with E-state index in [2.05, 4.69) is 5.32 Å². The minimum Gasteiger partial charge on any atom is -0.340 e. The van der Waals surface area contributed by atoms with E-state index in [-0.39, 0.29) is 24.4 Å². The average Bonchev–Trinajstić information content (AvgIpc) is 2.68. The molecule has 1 unspecified atom stereocenters. The predicted molar refractivity (Wildman–Crippen MR) is 57.4 cm³/mol. The zero-order valence-electron chi connectivity index (χ0n) is 9.62. The van der Waals surface area contributed by atoms with Gasteiger partial charge in [-0.2, -0.15) is 0 Å². The highest BCUT2D eigenvalue weighted by Gasteiger charge is 2.23. The molecule has 0 spiro atoms. The van der Waals surface area contributed by atoms with Crippen molar-refractivity contribution in [1.29, 1.82) is 0 Å². The monoisotopic (exact) mass is 213 g/mol. The van der Waals surface area contributed by atoms with E-state index in [0.29, 0.717) is 0 Å². The lowest BCUT2D eigenvalue weighted by Gasteiger charge is -2.26. The number of likely N-dealkylation sites (N-methyl/N-ethyl adjacent to an activating group) is 2. The van der Waals surface area contributed by atoms with E-state index in [1.807, 2.05) is 0 Å². The summed E-state index contributed by atoms with van der Waals surface area (Å²) in [4.78, 5) is 25.9. The molecule has 1 heterocycles. The number of nitrogens with zero attached hydrogens (tertiary/aromatic N) is 2. The Kier molecular flexibility index (Phi) is 4.08. The van der Waals surface area contributed by atoms with E-state index in [9.17, 15) is 9.59 Å². The van der Waals surface area contributed by atoms with Crippen molar-refractivity contribution in [1.82, 2.24) is 15.1 Å². The molecule has 0 radical (unpaired) electrons. The smallest absolute Gasteiger partial charge is 0.242 e. The van der Waals surface area contributed by atoms with E-state index < -0.39 is 0 Å². The topological polar surface area (TPSA) is 52.7 Å². The lowest BCUT2D eigenvalue weighted by molar-refractivity contribution is -0.138. The maximum absolute atomic E-state index is 11.7. The van der Waals surface area contributed by atoms with E-state index in [4.69, 9.17) is 0 Å². The third kappa shape index (κ3) is 3.20. The molecule has 1 saturated heterocycles. The molecule has 0 aromatic heterocycles. The number of hydrogen-bond donors (Lipinski definition) is 1. The van der Waals surface area contributed by atoms with Crippen LogP contribution in [0.5, 0.6) is 0 Å². The highest BCUT2D eigenvalue weighted by molar-refractivity contribution is 5.83. The first-order valence-corrected chi connectivity index (χ1v) is 5.20. The second-order valence-electron chi connectivity index (χ2n) is 4.03. The summed E-state index contributed by atoms with van der Waals surface area (Å²) in [5.41, 5.74) is 0. The molecule has 1 aliphatic heterocycles. The van der Waals surface area contributed by atoms with Crippen molar-refractivity contribution in [3.8, 4) is 0 Å². The van der Waals surface area contributed by atoms with E-state index in [1.54, 1.807) is 19.0 Å². The fourth-order valence-corrected chi connectivity index (χ4v) is 1.60. The number of nitrogens with one attached hydrogen (secondary N) is 1. The first-order valence-electron chi connectivity index (χ1n) is 5.20. The first kappa shape index (κ1) is 12.0. The Labute approximate surface area is 90.4 Å². The van der Waals surface area contributed by atoms with Crippen LogP contribution in [0.15, 0.2) is 0 Å². The standard InChI is InChI=1S/C10H19N3O2/c1-8(14)12(2)7-10(15)13(3)9-4-5-11-6-9/h9,11H,4-7H2,1-3H3. The Hall–Kier alpha value is -1.10. The van der Waals surface area contributed by atoms with Crippen molar-refractivity contribution in [2.45, 2.75) is 19.4 Å². The molecule has 1 fully saturated rings. The SMILES string of the molecule is CC(=O)N(C)CC(=O)N(C)C1CCNC1. The molecule has 15 heavy (non-hydrogen) atoms. The molecule has 0 aromatic rings. The Morgan fingerprint density at radius 2 is 2.07 bits per heavy atom. The summed E-state index contributed by atoms with van der Waals surface area (Å²) >= 11 is 0. The predicted octanol–water partition coefficient (Wildman–Crippen LogP) is -0.715. The van der Waals surface area contributed by atoms with Crippen LogP contribution in [0.2, 0.25) is 0 Å². The van der Waals surface area contributed by atoms with Gasteiger partial charge >= 0.3 is 0 Å². The van der Waals surface area contributed by atoms with E-state index >= 15 is 0 Å². The third-order valence-corrected chi connectivity index (χ3v) is 2.89. The van der Waals surface area contributed by atoms with Gasteiger partial charge in [0.2, 0.25) is 11.8 Å². The summed E-state index contributed by atoms with van der Waals surface area (Å²) in [6.45, 7) is 3.45. The summed E-state index contributed by atoms with van der Waals surface area (Å²) in [5, 5.41) is 3.21. The van der Waals surface area contributed by atoms with Crippen LogP contribution in [0, 0.1) is 0 Å². The summed E-state index contributed by atoms with van der Waals surface area (Å²) in [6, 6.07) is 0.276. The zero-order chi connectivity index (χ0) is 11.4. The zero-order valence-corrected chi connectivity index (χ0v) is 9.62. The van der Waals surface area contributed by atoms with Crippen LogP contribution in [0.3, 0.4) is 0 Å². The maximum atomic E-state index is 11.7. The van der Waals surface area contributed by atoms with Crippen LogP contribution in [0.4, 0.5) is 0 Å². The largest absolute Gasteiger partial charge is 0.340 e. The van der Waals surface area contributed by atoms with Crippen molar-refractivity contribution in [3.05, 3.63) is 0 Å². The molecule has 2 amide bonds. The molecular formula is C10H19N3O2. The quantitative estimate of drug-likeness (QED) is 0.673. The molecule has 1 atom stereocenters. The van der Waals surface area contributed by atoms with Crippen LogP contribution in [0.25, 0.3) is 0 Å². The third-order valence-electron chi connectivity index (χ3n) is 2.89. The lowest BCUT2D eigenvalue weighted by atomic mass is 10.2. The van der Waals surface area contributed by atoms with Crippen LogP contribution in [-0.2, 0) is 9.59 Å². The number of hydrogen-bond acceptors (Lipinski definition) is 3. The molecule has 1 aliphatic rings. The average molecular weight is 213 g/mol. The number of rotatable bonds is 3. The Bertz CT molecular complexity index is 249. The van der Waals surface area contributed by atoms with E-state index in [0.717, 1.165) is 19.5 Å². The molecule has 1 N–H and O–H groups in total. The van der Waals surface area contributed by atoms with Gasteiger partial charge < -0.3 is 15.1 Å². The van der Waals surface area contributed by atoms with Gasteiger partial charge in [0.25, 0.3) is 0 Å². The van der Waals surface area contributed by atoms with Crippen LogP contribution in [-0.4, -0.2) is 61.4 Å². The minimum atomic E-state index is -0.0821. The highest BCUT2D eigenvalue weighted by Crippen LogP contribution is 2.06. The molecule has 5 heteroatoms. The fourth-order valence-electron chi connectivity index (χ4n) is 1.60. The van der Waals surface area contributed by atoms with Crippen LogP contribution < -0.4 is 5.32 Å². The van der Waals surface area contributed by atoms with Gasteiger partial charge in [-0.1, -0.05) is 0 Å². The Morgan fingerprint density at radius 3 is 2.53 bits per heavy atom. The molecule has 0 saturated carbocycles. The minimum absolute atomic E-state index is 0.00130. The van der Waals surface area contributed by atoms with Gasteiger partial charge in [-0.3, -0.25) is 9.59 Å². The molecule has 5 nitrogen and oxygen atoms in total. The number of amides is 2. The van der Waals surface area contributed by atoms with Gasteiger partial charge in [0, 0.05) is 33.6 Å². The van der Waals surface area contributed by atoms with Crippen molar-refractivity contribution < 1.29 is 9.59 Å². The molecule has 0 aromatic carbocycles. The lowest BCUT2D eigenvalue weighted by Crippen LogP contribution is -2.44. The van der Waals surface area contributed by atoms with Crippen molar-refractivity contribution >= 4 is 11.8 Å². The van der Waals surface area contributed by atoms with Gasteiger partial charge in [-0.15, -0.1) is 0 Å². The van der Waals surface area contributed by atoms with Crippen LogP contribution in [0.1, 0.15) is 13.3 Å². The molecule has 86 valence electrons. The van der Waals surface area contributed by atoms with Gasteiger partial charge in [0.1, 0.15) is 0 Å². The van der Waals surface area contributed by atoms with Gasteiger partial charge in [0.05, 0.1) is 6.54 Å². The second-order valence-corrected chi connectivity index (χ2v) is 4.03. The summed E-state index contributed by atoms with van der Waals surface area (Å²) < 4.78 is 0. The first-order chi connectivity index (χ1) is 7.02. The van der Waals surface area contributed by atoms with Gasteiger partial charge in [0.15, 0.2) is 0 Å². The fraction of sp³-hybridized carbons (Fsp3) is 0.800. The normalized spacial score (nSPS) is 20.1. The maximum Gasteiger partial charge on any atom is 0.242 e. The van der Waals surface area contributed by atoms with Gasteiger partial charge in [-0.05, 0) is 13.0 Å². The molecule has 1 rings (SSSR count). The van der Waals surface area contributed by atoms with Crippen molar-refractivity contribution in [2.75, 3.05) is 33.7 Å². The van der Waals surface area contributed by atoms with Crippen molar-refractivity contribution in [3.63, 3.8) is 0 Å². The molecule has 0 bridgehead atoms. The van der Waals surface area contributed by atoms with Gasteiger partial charge in [-0.25, -0.2) is 0 Å². The highest BCUT2D eigenvalue weighted by atomic mass is 16.2. The Balaban J connectivity index is 2.41. The van der Waals surface area contributed by atoms with Crippen molar-refractivity contribution in [2.24, 2.45) is 0 Å². The van der Waals surface area contributed by atoms with Crippen LogP contribution >= 0.6 is 0 Å². The number of carbonyl (C=O) groups excluding carboxylic acids is 2. The summed E-state index contributed by atoms with van der Waals surface area (Å²) in [7, 11) is 3.44. The summed E-state index contributed by atoms with van der Waals surface area (Å²) in [5.74, 6) is -0.0808. The second kappa shape index (κ2) is 5.11. The van der Waals surface area contributed by atoms with E-state index in [1.165, 1.54) is 11.8 Å².